The molecule has 1 aliphatic rings. The molecule has 0 spiro atoms. The molecule has 36 heavy (non-hydrogen) atoms. The quantitative estimate of drug-likeness (QED) is 0.516. The molecule has 188 valence electrons. The van der Waals surface area contributed by atoms with Gasteiger partial charge < -0.3 is 10.2 Å². The van der Waals surface area contributed by atoms with Gasteiger partial charge in [-0.05, 0) is 36.8 Å². The van der Waals surface area contributed by atoms with E-state index >= 15 is 4.39 Å². The fourth-order valence-corrected chi connectivity index (χ4v) is 4.43. The normalized spacial score (nSPS) is 15.0. The topological polar surface area (TPSA) is 75.2 Å². The van der Waals surface area contributed by atoms with E-state index in [2.05, 4.69) is 15.3 Å². The molecule has 2 heterocycles. The Morgan fingerprint density at radius 1 is 1.11 bits per heavy atom. The van der Waals surface area contributed by atoms with Crippen LogP contribution in [-0.4, -0.2) is 39.8 Å². The van der Waals surface area contributed by atoms with Gasteiger partial charge >= 0.3 is 0 Å². The second-order valence-electron chi connectivity index (χ2n) is 8.72. The maximum atomic E-state index is 16.2. The zero-order chi connectivity index (χ0) is 25.9. The summed E-state index contributed by atoms with van der Waals surface area (Å²) in [7, 11) is 0. The van der Waals surface area contributed by atoms with E-state index in [0.717, 1.165) is 17.7 Å². The minimum Gasteiger partial charge on any atom is -0.348 e. The summed E-state index contributed by atoms with van der Waals surface area (Å²) in [6, 6.07) is 10.4. The van der Waals surface area contributed by atoms with E-state index in [1.54, 1.807) is 31.2 Å². The lowest BCUT2D eigenvalue weighted by molar-refractivity contribution is -0.133. The SMILES string of the molecule is Cc1ncc(C(=O)NCc2cccc(Cl)c2)c(C2(F)CCN(C(=O)Cc3c(F)cccc3F)CC2)n1. The van der Waals surface area contributed by atoms with Crippen molar-refractivity contribution in [2.24, 2.45) is 0 Å². The van der Waals surface area contributed by atoms with E-state index in [1.807, 2.05) is 0 Å². The summed E-state index contributed by atoms with van der Waals surface area (Å²) in [6.07, 6.45) is 0.597. The minimum atomic E-state index is -1.98. The molecule has 0 bridgehead atoms. The Labute approximate surface area is 211 Å². The van der Waals surface area contributed by atoms with Gasteiger partial charge in [-0.25, -0.2) is 23.1 Å². The van der Waals surface area contributed by atoms with Gasteiger partial charge in [0, 0.05) is 49.3 Å². The monoisotopic (exact) mass is 516 g/mol. The van der Waals surface area contributed by atoms with Gasteiger partial charge in [0.2, 0.25) is 5.91 Å². The molecule has 0 unspecified atom stereocenters. The molecule has 0 atom stereocenters. The largest absolute Gasteiger partial charge is 0.348 e. The van der Waals surface area contributed by atoms with E-state index < -0.39 is 35.5 Å². The number of likely N-dealkylation sites (tertiary alicyclic amines) is 1. The molecule has 0 saturated carbocycles. The van der Waals surface area contributed by atoms with Crippen LogP contribution in [0.4, 0.5) is 13.2 Å². The van der Waals surface area contributed by atoms with Crippen molar-refractivity contribution < 1.29 is 22.8 Å². The Morgan fingerprint density at radius 3 is 2.44 bits per heavy atom. The van der Waals surface area contributed by atoms with Crippen LogP contribution in [0.2, 0.25) is 5.02 Å². The van der Waals surface area contributed by atoms with Crippen LogP contribution in [0.25, 0.3) is 0 Å². The highest BCUT2D eigenvalue weighted by molar-refractivity contribution is 6.30. The number of aromatic nitrogens is 2. The average Bonchev–Trinajstić information content (AvgIpc) is 2.85. The second kappa shape index (κ2) is 10.7. The fraction of sp³-hybridized carbons (Fsp3) is 0.308. The summed E-state index contributed by atoms with van der Waals surface area (Å²) in [5.74, 6) is -2.33. The first-order chi connectivity index (χ1) is 17.2. The maximum Gasteiger partial charge on any atom is 0.255 e. The molecule has 2 aromatic carbocycles. The van der Waals surface area contributed by atoms with Crippen molar-refractivity contribution in [2.45, 2.75) is 38.4 Å². The van der Waals surface area contributed by atoms with Crippen molar-refractivity contribution >= 4 is 23.4 Å². The van der Waals surface area contributed by atoms with Crippen molar-refractivity contribution in [3.63, 3.8) is 0 Å². The van der Waals surface area contributed by atoms with Gasteiger partial charge in [-0.15, -0.1) is 0 Å². The van der Waals surface area contributed by atoms with Crippen LogP contribution in [0.1, 0.15) is 45.8 Å². The third kappa shape index (κ3) is 5.67. The molecule has 2 amide bonds. The number of nitrogens with one attached hydrogen (secondary N) is 1. The average molecular weight is 517 g/mol. The van der Waals surface area contributed by atoms with Crippen LogP contribution in [-0.2, 0) is 23.4 Å². The van der Waals surface area contributed by atoms with Gasteiger partial charge in [-0.2, -0.15) is 0 Å². The van der Waals surface area contributed by atoms with Crippen LogP contribution in [0.5, 0.6) is 0 Å². The highest BCUT2D eigenvalue weighted by atomic mass is 35.5. The van der Waals surface area contributed by atoms with Gasteiger partial charge in [0.25, 0.3) is 5.91 Å². The van der Waals surface area contributed by atoms with Crippen molar-refractivity contribution in [2.75, 3.05) is 13.1 Å². The standard InChI is InChI=1S/C26H24ClF3N4O2/c1-16-31-15-20(25(36)32-14-17-4-2-5-18(27)12-17)24(33-16)26(30)8-10-34(11-9-26)23(35)13-19-21(28)6-3-7-22(19)29/h2-7,12,15H,8-11,13-14H2,1H3,(H,32,36). The first kappa shape index (κ1) is 25.6. The number of rotatable bonds is 6. The molecule has 1 fully saturated rings. The van der Waals surface area contributed by atoms with Crippen LogP contribution in [0.15, 0.2) is 48.7 Å². The summed E-state index contributed by atoms with van der Waals surface area (Å²) in [5.41, 5.74) is -1.54. The summed E-state index contributed by atoms with van der Waals surface area (Å²) >= 11 is 5.99. The number of aryl methyl sites for hydroxylation is 1. The zero-order valence-corrected chi connectivity index (χ0v) is 20.3. The first-order valence-corrected chi connectivity index (χ1v) is 11.8. The van der Waals surface area contributed by atoms with Crippen molar-refractivity contribution in [1.29, 1.82) is 0 Å². The Morgan fingerprint density at radius 2 is 1.78 bits per heavy atom. The molecule has 1 aliphatic heterocycles. The number of benzene rings is 2. The third-order valence-electron chi connectivity index (χ3n) is 6.22. The summed E-state index contributed by atoms with van der Waals surface area (Å²) in [4.78, 5) is 35.3. The van der Waals surface area contributed by atoms with Gasteiger partial charge in [-0.3, -0.25) is 9.59 Å². The number of halogens is 4. The number of amides is 2. The van der Waals surface area contributed by atoms with Crippen LogP contribution in [0.3, 0.4) is 0 Å². The number of carbonyl (C=O) groups excluding carboxylic acids is 2. The summed E-state index contributed by atoms with van der Waals surface area (Å²) < 4.78 is 44.1. The highest BCUT2D eigenvalue weighted by Crippen LogP contribution is 2.38. The highest BCUT2D eigenvalue weighted by Gasteiger charge is 2.41. The lowest BCUT2D eigenvalue weighted by Gasteiger charge is -2.36. The lowest BCUT2D eigenvalue weighted by atomic mass is 9.87. The molecule has 3 aromatic rings. The molecule has 6 nitrogen and oxygen atoms in total. The molecule has 0 radical (unpaired) electrons. The number of nitrogens with zero attached hydrogens (tertiary/aromatic N) is 3. The van der Waals surface area contributed by atoms with Crippen molar-refractivity contribution in [1.82, 2.24) is 20.2 Å². The number of carbonyl (C=O) groups is 2. The maximum absolute atomic E-state index is 16.2. The van der Waals surface area contributed by atoms with Crippen molar-refractivity contribution in [3.05, 3.63) is 93.5 Å². The van der Waals surface area contributed by atoms with E-state index in [1.165, 1.54) is 17.2 Å². The Kier molecular flexibility index (Phi) is 7.59. The van der Waals surface area contributed by atoms with Crippen LogP contribution >= 0.6 is 11.6 Å². The molecule has 0 aliphatic carbocycles. The first-order valence-electron chi connectivity index (χ1n) is 11.4. The summed E-state index contributed by atoms with van der Waals surface area (Å²) in [5, 5.41) is 3.27. The van der Waals surface area contributed by atoms with Gasteiger partial charge in [0.1, 0.15) is 17.5 Å². The number of piperidine rings is 1. The van der Waals surface area contributed by atoms with Gasteiger partial charge in [-0.1, -0.05) is 29.8 Å². The molecule has 4 rings (SSSR count). The van der Waals surface area contributed by atoms with Crippen LogP contribution < -0.4 is 5.32 Å². The molecule has 1 N–H and O–H groups in total. The van der Waals surface area contributed by atoms with Crippen molar-refractivity contribution in [3.8, 4) is 0 Å². The molecule has 1 aromatic heterocycles. The fourth-order valence-electron chi connectivity index (χ4n) is 4.21. The van der Waals surface area contributed by atoms with Gasteiger partial charge in [0.05, 0.1) is 17.7 Å². The Bertz CT molecular complexity index is 1280. The zero-order valence-electron chi connectivity index (χ0n) is 19.5. The Hall–Kier alpha value is -3.46. The van der Waals surface area contributed by atoms with E-state index in [-0.39, 0.29) is 49.3 Å². The number of alkyl halides is 1. The molecular formula is C26H24ClF3N4O2. The molecule has 1 saturated heterocycles. The van der Waals surface area contributed by atoms with E-state index in [0.29, 0.717) is 10.8 Å². The number of hydrogen-bond donors (Lipinski definition) is 1. The Balaban J connectivity index is 1.46. The smallest absolute Gasteiger partial charge is 0.255 e. The summed E-state index contributed by atoms with van der Waals surface area (Å²) in [6.45, 7) is 1.80. The third-order valence-corrected chi connectivity index (χ3v) is 6.45. The lowest BCUT2D eigenvalue weighted by Crippen LogP contribution is -2.45. The molecular weight excluding hydrogens is 493 g/mol. The van der Waals surface area contributed by atoms with Crippen LogP contribution in [0, 0.1) is 18.6 Å². The van der Waals surface area contributed by atoms with Gasteiger partial charge in [0.15, 0.2) is 5.67 Å². The predicted molar refractivity (Wildman–Crippen MR) is 128 cm³/mol. The molecule has 10 heteroatoms. The van der Waals surface area contributed by atoms with E-state index in [4.69, 9.17) is 11.6 Å². The predicted octanol–water partition coefficient (Wildman–Crippen LogP) is 4.68. The number of hydrogen-bond acceptors (Lipinski definition) is 4. The van der Waals surface area contributed by atoms with E-state index in [9.17, 15) is 18.4 Å². The minimum absolute atomic E-state index is 0.0119. The second-order valence-corrected chi connectivity index (χ2v) is 9.15.